The van der Waals surface area contributed by atoms with Crippen LogP contribution in [-0.2, 0) is 6.18 Å². The number of hydrogen-bond acceptors (Lipinski definition) is 3. The zero-order chi connectivity index (χ0) is 13.0. The molecule has 1 aromatic rings. The Hall–Kier alpha value is -1.30. The Bertz CT molecular complexity index is 445. The maximum absolute atomic E-state index is 12.4. The number of anilines is 1. The molecule has 0 unspecified atom stereocenters. The molecule has 1 saturated heterocycles. The highest BCUT2D eigenvalue weighted by Crippen LogP contribution is 2.44. The minimum atomic E-state index is -4.33. The van der Waals surface area contributed by atoms with Gasteiger partial charge >= 0.3 is 6.18 Å². The number of hydrogen-bond donors (Lipinski definition) is 1. The van der Waals surface area contributed by atoms with Crippen molar-refractivity contribution >= 4 is 5.82 Å². The predicted octanol–water partition coefficient (Wildman–Crippen LogP) is 2.03. The fourth-order valence-corrected chi connectivity index (χ4v) is 2.48. The molecule has 3 nitrogen and oxygen atoms in total. The lowest BCUT2D eigenvalue weighted by Crippen LogP contribution is -2.69. The summed E-state index contributed by atoms with van der Waals surface area (Å²) in [5.41, 5.74) is 5.32. The van der Waals surface area contributed by atoms with Crippen molar-refractivity contribution in [1.29, 1.82) is 0 Å². The molecule has 1 saturated carbocycles. The van der Waals surface area contributed by atoms with Gasteiger partial charge in [-0.25, -0.2) is 4.98 Å². The Morgan fingerprint density at radius 1 is 1.28 bits per heavy atom. The van der Waals surface area contributed by atoms with Crippen molar-refractivity contribution in [3.8, 4) is 0 Å². The first-order valence-electron chi connectivity index (χ1n) is 5.96. The van der Waals surface area contributed by atoms with Gasteiger partial charge in [-0.05, 0) is 30.9 Å². The normalized spacial score (nSPS) is 22.8. The summed E-state index contributed by atoms with van der Waals surface area (Å²) in [6, 6.07) is 2.48. The van der Waals surface area contributed by atoms with Crippen LogP contribution in [0.1, 0.15) is 18.4 Å². The topological polar surface area (TPSA) is 42.1 Å². The van der Waals surface area contributed by atoms with E-state index in [2.05, 4.69) is 4.98 Å². The summed E-state index contributed by atoms with van der Waals surface area (Å²) in [5, 5.41) is 0. The lowest BCUT2D eigenvalue weighted by molar-refractivity contribution is -0.137. The molecule has 1 aromatic heterocycles. The second-order valence-electron chi connectivity index (χ2n) is 5.27. The van der Waals surface area contributed by atoms with Crippen molar-refractivity contribution in [2.45, 2.75) is 24.6 Å². The number of halogens is 3. The average molecular weight is 257 g/mol. The lowest BCUT2D eigenvalue weighted by Gasteiger charge is -2.49. The van der Waals surface area contributed by atoms with Crippen molar-refractivity contribution < 1.29 is 13.2 Å². The van der Waals surface area contributed by atoms with E-state index in [-0.39, 0.29) is 5.54 Å². The van der Waals surface area contributed by atoms with Gasteiger partial charge in [-0.2, -0.15) is 13.2 Å². The van der Waals surface area contributed by atoms with E-state index in [9.17, 15) is 13.2 Å². The van der Waals surface area contributed by atoms with E-state index < -0.39 is 11.7 Å². The Kier molecular flexibility index (Phi) is 2.35. The first kappa shape index (κ1) is 11.8. The molecule has 18 heavy (non-hydrogen) atoms. The number of nitrogens with two attached hydrogens (primary N) is 1. The van der Waals surface area contributed by atoms with Gasteiger partial charge < -0.3 is 10.6 Å². The fourth-order valence-electron chi connectivity index (χ4n) is 2.48. The second-order valence-corrected chi connectivity index (χ2v) is 5.27. The van der Waals surface area contributed by atoms with Crippen LogP contribution in [-0.4, -0.2) is 23.6 Å². The van der Waals surface area contributed by atoms with Crippen LogP contribution >= 0.6 is 0 Å². The highest BCUT2D eigenvalue weighted by Gasteiger charge is 2.50. The molecular formula is C12H14F3N3. The molecule has 6 heteroatoms. The van der Waals surface area contributed by atoms with Gasteiger partial charge in [0.25, 0.3) is 0 Å². The van der Waals surface area contributed by atoms with Crippen LogP contribution in [0.3, 0.4) is 0 Å². The summed E-state index contributed by atoms with van der Waals surface area (Å²) < 4.78 is 37.1. The van der Waals surface area contributed by atoms with Gasteiger partial charge in [0.2, 0.25) is 0 Å². The average Bonchev–Trinajstić information content (AvgIpc) is 3.08. The van der Waals surface area contributed by atoms with Crippen molar-refractivity contribution in [3.05, 3.63) is 23.9 Å². The largest absolute Gasteiger partial charge is 0.417 e. The Labute approximate surface area is 103 Å². The maximum Gasteiger partial charge on any atom is 0.417 e. The molecule has 98 valence electrons. The minimum absolute atomic E-state index is 0.148. The van der Waals surface area contributed by atoms with E-state index in [0.717, 1.165) is 12.3 Å². The van der Waals surface area contributed by atoms with Crippen molar-refractivity contribution in [3.63, 3.8) is 0 Å². The summed E-state index contributed by atoms with van der Waals surface area (Å²) in [6.45, 7) is 1.38. The van der Waals surface area contributed by atoms with E-state index >= 15 is 0 Å². The molecule has 0 spiro atoms. The van der Waals surface area contributed by atoms with Crippen LogP contribution in [0.25, 0.3) is 0 Å². The van der Waals surface area contributed by atoms with E-state index in [1.165, 1.54) is 18.9 Å². The number of rotatable bonds is 2. The lowest BCUT2D eigenvalue weighted by atomic mass is 9.86. The van der Waals surface area contributed by atoms with Gasteiger partial charge in [0, 0.05) is 19.3 Å². The quantitative estimate of drug-likeness (QED) is 0.881. The first-order chi connectivity index (χ1) is 8.38. The van der Waals surface area contributed by atoms with Crippen molar-refractivity contribution in [2.24, 2.45) is 11.7 Å². The van der Waals surface area contributed by atoms with Crippen molar-refractivity contribution in [1.82, 2.24) is 4.98 Å². The molecule has 1 aliphatic heterocycles. The summed E-state index contributed by atoms with van der Waals surface area (Å²) in [6.07, 6.45) is -1.11. The highest BCUT2D eigenvalue weighted by molar-refractivity contribution is 5.46. The SMILES string of the molecule is NC1(C2CC2)CN(c2ccc(C(F)(F)F)cn2)C1. The fraction of sp³-hybridized carbons (Fsp3) is 0.583. The summed E-state index contributed by atoms with van der Waals surface area (Å²) in [4.78, 5) is 5.79. The van der Waals surface area contributed by atoms with Crippen LogP contribution in [0.5, 0.6) is 0 Å². The zero-order valence-electron chi connectivity index (χ0n) is 9.74. The van der Waals surface area contributed by atoms with E-state index in [0.29, 0.717) is 24.8 Å². The van der Waals surface area contributed by atoms with Crippen molar-refractivity contribution in [2.75, 3.05) is 18.0 Å². The molecule has 2 N–H and O–H groups in total. The summed E-state index contributed by atoms with van der Waals surface area (Å²) in [7, 11) is 0. The Morgan fingerprint density at radius 3 is 2.39 bits per heavy atom. The third-order valence-electron chi connectivity index (χ3n) is 3.76. The molecule has 2 aliphatic rings. The van der Waals surface area contributed by atoms with Gasteiger partial charge in [0.05, 0.1) is 11.1 Å². The predicted molar refractivity (Wildman–Crippen MR) is 61.1 cm³/mol. The van der Waals surface area contributed by atoms with Gasteiger partial charge in [0.15, 0.2) is 0 Å². The number of aromatic nitrogens is 1. The zero-order valence-corrected chi connectivity index (χ0v) is 9.74. The number of pyridine rings is 1. The molecule has 0 radical (unpaired) electrons. The molecule has 0 atom stereocenters. The van der Waals surface area contributed by atoms with Crippen LogP contribution in [0.15, 0.2) is 18.3 Å². The monoisotopic (exact) mass is 257 g/mol. The molecule has 0 bridgehead atoms. The van der Waals surface area contributed by atoms with Crippen LogP contribution in [0.2, 0.25) is 0 Å². The van der Waals surface area contributed by atoms with E-state index in [4.69, 9.17) is 5.73 Å². The number of nitrogens with zero attached hydrogens (tertiary/aromatic N) is 2. The van der Waals surface area contributed by atoms with E-state index in [1.54, 1.807) is 0 Å². The Morgan fingerprint density at radius 2 is 1.94 bits per heavy atom. The van der Waals surface area contributed by atoms with Crippen LogP contribution in [0, 0.1) is 5.92 Å². The van der Waals surface area contributed by atoms with Gasteiger partial charge in [-0.3, -0.25) is 0 Å². The third kappa shape index (κ3) is 1.94. The molecule has 0 aromatic carbocycles. The highest BCUT2D eigenvalue weighted by atomic mass is 19.4. The smallest absolute Gasteiger partial charge is 0.353 e. The molecule has 1 aliphatic carbocycles. The number of alkyl halides is 3. The second kappa shape index (κ2) is 3.60. The maximum atomic E-state index is 12.4. The standard InChI is InChI=1S/C12H14F3N3/c13-12(14,15)9-3-4-10(17-5-9)18-6-11(16,7-18)8-1-2-8/h3-5,8H,1-2,6-7,16H2. The third-order valence-corrected chi connectivity index (χ3v) is 3.76. The van der Waals surface area contributed by atoms with Crippen LogP contribution in [0.4, 0.5) is 19.0 Å². The van der Waals surface area contributed by atoms with E-state index in [1.807, 2.05) is 4.90 Å². The molecule has 2 heterocycles. The molecule has 3 rings (SSSR count). The van der Waals surface area contributed by atoms with Gasteiger partial charge in [-0.15, -0.1) is 0 Å². The first-order valence-corrected chi connectivity index (χ1v) is 5.96. The van der Waals surface area contributed by atoms with Gasteiger partial charge in [0.1, 0.15) is 5.82 Å². The van der Waals surface area contributed by atoms with Gasteiger partial charge in [-0.1, -0.05) is 0 Å². The minimum Gasteiger partial charge on any atom is -0.353 e. The Balaban J connectivity index is 1.68. The van der Waals surface area contributed by atoms with Crippen LogP contribution < -0.4 is 10.6 Å². The molecule has 0 amide bonds. The summed E-state index contributed by atoms with van der Waals surface area (Å²) >= 11 is 0. The molecular weight excluding hydrogens is 243 g/mol. The summed E-state index contributed by atoms with van der Waals surface area (Å²) in [5.74, 6) is 1.16. The molecule has 2 fully saturated rings.